The van der Waals surface area contributed by atoms with Gasteiger partial charge in [0.1, 0.15) is 35.6 Å². The van der Waals surface area contributed by atoms with Gasteiger partial charge in [0.05, 0.1) is 59.6 Å². The van der Waals surface area contributed by atoms with Crippen LogP contribution in [-0.4, -0.2) is 211 Å². The minimum atomic E-state index is -1.90. The van der Waals surface area contributed by atoms with E-state index in [1.807, 2.05) is 108 Å². The first-order valence-corrected chi connectivity index (χ1v) is 32.1. The Kier molecular flexibility index (Phi) is 25.5. The van der Waals surface area contributed by atoms with Gasteiger partial charge in [-0.05, 0) is 167 Å². The summed E-state index contributed by atoms with van der Waals surface area (Å²) in [5.74, 6) is -5.29. The van der Waals surface area contributed by atoms with Crippen molar-refractivity contribution in [2.24, 2.45) is 23.7 Å². The number of alkyl halides is 1. The number of cyclic esters (lactones) is 1. The minimum absolute atomic E-state index is 0.0596. The third kappa shape index (κ3) is 18.5. The monoisotopic (exact) mass is 1340 g/mol. The van der Waals surface area contributed by atoms with Crippen LogP contribution in [0.5, 0.6) is 0 Å². The number of benzene rings is 2. The van der Waals surface area contributed by atoms with Crippen molar-refractivity contribution in [3.8, 4) is 0 Å². The summed E-state index contributed by atoms with van der Waals surface area (Å²) in [7, 11) is 5.16. The lowest BCUT2D eigenvalue weighted by Crippen LogP contribution is -2.60. The number of carbonyl (C=O) groups excluding carboxylic acids is 4. The SMILES string of the molecule is CO[C@]1(C)C[C@H](O[C@H]2[C@H](C)[C@@H](O[C@@H]3O[C@H](C)CC(N(C)CCCCNC(=O)C(NC(=O)OC(C)(C)C)C(Cc4ccccc4)C(=O)N[C@H]4c5ccccc5C[C@H]4O)[C@H]3O)[C@](C)(O)C[C@@H](C)CN(C)[C@H](C)[C@@H](O)[C@](C)(O)[C@@H](I)OC(=O)[C@@H]2C)O[C@@H](C)[C@@H]1O. The van der Waals surface area contributed by atoms with Gasteiger partial charge in [0, 0.05) is 51.0 Å². The number of aliphatic hydroxyl groups excluding tert-OH is 4. The van der Waals surface area contributed by atoms with Crippen molar-refractivity contribution in [2.45, 2.75) is 240 Å². The Bertz CT molecular complexity index is 2560. The van der Waals surface area contributed by atoms with Crippen molar-refractivity contribution in [3.63, 3.8) is 0 Å². The maximum absolute atomic E-state index is 14.5. The molecule has 4 aliphatic rings. The standard InChI is InChI=1S/C64H102IN5O17/c1-35-32-62(10,79)54(37(3)51(84-47-33-63(11,81-15)53(74)40(6)83-47)38(4)57(77)86-59(65)64(12,80)52(73)39(5)70(14)34-35)85-58-50(72)45(29-36(2)82-58)69(13)28-22-21-27-66-56(76)49(68-60(78)87-61(7,8)9)44(30-41-23-17-16-18-24-41)55(75)67-48-43-26-20-19-25-42(43)31-46(48)71/h16-20,23-26,35-40,44-54,58-59,71-74,79-80H,21-22,27-34H2,1-15H3,(H,66,76)(H,67,75)(H,68,78)/t35-,36-,37+,38-,39-,40+,44?,45?,46-,47+,48+,49?,50-,51+,52-,53+,54-,58+,59+,62-,63-,64+/m1/s1. The number of halogens is 1. The summed E-state index contributed by atoms with van der Waals surface area (Å²) < 4.78 is 42.6. The van der Waals surface area contributed by atoms with E-state index in [2.05, 4.69) is 16.0 Å². The van der Waals surface area contributed by atoms with Crippen molar-refractivity contribution < 1.29 is 83.0 Å². The molecule has 23 heteroatoms. The highest BCUT2D eigenvalue weighted by Gasteiger charge is 2.53. The third-order valence-electron chi connectivity index (χ3n) is 18.2. The van der Waals surface area contributed by atoms with E-state index < -0.39 is 154 Å². The highest BCUT2D eigenvalue weighted by molar-refractivity contribution is 14.1. The number of carbonyl (C=O) groups is 4. The fraction of sp³-hybridized carbons (Fsp3) is 0.750. The number of esters is 1. The summed E-state index contributed by atoms with van der Waals surface area (Å²) in [5.41, 5.74) is -3.19. The highest BCUT2D eigenvalue weighted by Crippen LogP contribution is 2.41. The second-order valence-electron chi connectivity index (χ2n) is 27.0. The van der Waals surface area contributed by atoms with Crippen LogP contribution in [0, 0.1) is 23.7 Å². The van der Waals surface area contributed by atoms with Gasteiger partial charge in [-0.1, -0.05) is 68.4 Å². The Morgan fingerprint density at radius 2 is 1.54 bits per heavy atom. The van der Waals surface area contributed by atoms with Crippen LogP contribution in [0.1, 0.15) is 138 Å². The number of nitrogens with zero attached hydrogens (tertiary/aromatic N) is 2. The fourth-order valence-corrected chi connectivity index (χ4v) is 13.7. The number of nitrogens with one attached hydrogen (secondary N) is 3. The van der Waals surface area contributed by atoms with E-state index in [4.69, 9.17) is 33.2 Å². The average molecular weight is 1340 g/mol. The molecular formula is C64H102IN5O17. The summed E-state index contributed by atoms with van der Waals surface area (Å²) >= 11 is 1.81. The van der Waals surface area contributed by atoms with Gasteiger partial charge in [-0.2, -0.15) is 0 Å². The number of methoxy groups -OCH3 is 1. The second kappa shape index (κ2) is 30.6. The first-order chi connectivity index (χ1) is 40.6. The van der Waals surface area contributed by atoms with Crippen LogP contribution in [0.25, 0.3) is 0 Å². The van der Waals surface area contributed by atoms with Crippen LogP contribution in [-0.2, 0) is 60.4 Å². The lowest BCUT2D eigenvalue weighted by molar-refractivity contribution is -0.318. The van der Waals surface area contributed by atoms with E-state index in [0.29, 0.717) is 38.8 Å². The molecule has 3 fully saturated rings. The van der Waals surface area contributed by atoms with Crippen molar-refractivity contribution in [1.29, 1.82) is 0 Å². The largest absolute Gasteiger partial charge is 0.448 e. The zero-order valence-corrected chi connectivity index (χ0v) is 55.8. The molecule has 3 saturated heterocycles. The van der Waals surface area contributed by atoms with Gasteiger partial charge in [0.2, 0.25) is 11.8 Å². The highest BCUT2D eigenvalue weighted by atomic mass is 127. The number of fused-ring (bicyclic) bond motifs is 1. The lowest BCUT2D eigenvalue weighted by Gasteiger charge is -2.49. The molecule has 2 aromatic carbocycles. The molecule has 0 aromatic heterocycles. The van der Waals surface area contributed by atoms with Crippen LogP contribution in [0.3, 0.4) is 0 Å². The van der Waals surface area contributed by atoms with Gasteiger partial charge in [-0.25, -0.2) is 4.79 Å². The molecule has 3 heterocycles. The summed E-state index contributed by atoms with van der Waals surface area (Å²) in [4.78, 5) is 60.8. The molecule has 0 radical (unpaired) electrons. The lowest BCUT2D eigenvalue weighted by atomic mass is 9.77. The molecule has 1 aliphatic carbocycles. The number of unbranched alkanes of at least 4 members (excludes halogenated alkanes) is 1. The smallest absolute Gasteiger partial charge is 0.408 e. The molecule has 0 bridgehead atoms. The molecule has 9 N–H and O–H groups in total. The summed E-state index contributed by atoms with van der Waals surface area (Å²) in [5, 5.41) is 79.6. The molecule has 2 aromatic rings. The van der Waals surface area contributed by atoms with E-state index in [1.54, 1.807) is 69.4 Å². The van der Waals surface area contributed by atoms with Crippen LogP contribution >= 0.6 is 22.6 Å². The number of aliphatic hydroxyl groups is 6. The van der Waals surface area contributed by atoms with E-state index in [9.17, 15) is 49.8 Å². The van der Waals surface area contributed by atoms with Gasteiger partial charge in [-0.3, -0.25) is 14.4 Å². The normalized spacial score (nSPS) is 37.4. The zero-order valence-electron chi connectivity index (χ0n) is 53.7. The van der Waals surface area contributed by atoms with E-state index in [1.165, 1.54) is 14.0 Å². The number of ether oxygens (including phenoxy) is 7. The van der Waals surface area contributed by atoms with E-state index >= 15 is 0 Å². The van der Waals surface area contributed by atoms with Crippen molar-refractivity contribution >= 4 is 46.5 Å². The van der Waals surface area contributed by atoms with Gasteiger partial charge >= 0.3 is 12.1 Å². The summed E-state index contributed by atoms with van der Waals surface area (Å²) in [6.07, 6.45) is -9.27. The molecule has 22 nitrogen and oxygen atoms in total. The van der Waals surface area contributed by atoms with Crippen LogP contribution < -0.4 is 16.0 Å². The number of alkyl carbamates (subject to hydrolysis) is 1. The number of rotatable bonds is 18. The molecule has 492 valence electrons. The second-order valence-corrected chi connectivity index (χ2v) is 28.1. The topological polar surface area (TPSA) is 297 Å². The summed E-state index contributed by atoms with van der Waals surface area (Å²) in [6, 6.07) is 13.4. The van der Waals surface area contributed by atoms with Crippen molar-refractivity contribution in [2.75, 3.05) is 40.8 Å². The van der Waals surface area contributed by atoms with Gasteiger partial charge in [0.15, 0.2) is 16.7 Å². The Morgan fingerprint density at radius 3 is 2.20 bits per heavy atom. The molecule has 0 spiro atoms. The maximum Gasteiger partial charge on any atom is 0.408 e. The van der Waals surface area contributed by atoms with E-state index in [0.717, 1.165) is 16.7 Å². The van der Waals surface area contributed by atoms with Crippen molar-refractivity contribution in [1.82, 2.24) is 25.8 Å². The number of hydrogen-bond acceptors (Lipinski definition) is 19. The molecule has 3 aliphatic heterocycles. The Labute approximate surface area is 528 Å². The molecule has 3 unspecified atom stereocenters. The zero-order chi connectivity index (χ0) is 64.7. The average Bonchev–Trinajstić information content (AvgIpc) is 3.92. The third-order valence-corrected chi connectivity index (χ3v) is 19.8. The molecule has 3 amide bonds. The molecule has 87 heavy (non-hydrogen) atoms. The van der Waals surface area contributed by atoms with Gasteiger partial charge in [-0.15, -0.1) is 0 Å². The number of hydrogen-bond donors (Lipinski definition) is 9. The fourth-order valence-electron chi connectivity index (χ4n) is 13.1. The molecule has 0 saturated carbocycles. The van der Waals surface area contributed by atoms with Gasteiger partial charge < -0.3 is 89.5 Å². The summed E-state index contributed by atoms with van der Waals surface area (Å²) in [6.45, 7) is 21.5. The maximum atomic E-state index is 14.5. The first kappa shape index (κ1) is 72.4. The quantitative estimate of drug-likeness (QED) is 0.0424. The Hall–Kier alpha value is -3.67. The predicted molar refractivity (Wildman–Crippen MR) is 333 cm³/mol. The minimum Gasteiger partial charge on any atom is -0.448 e. The molecular weight excluding hydrogens is 1240 g/mol. The van der Waals surface area contributed by atoms with E-state index in [-0.39, 0.29) is 31.7 Å². The Morgan fingerprint density at radius 1 is 0.885 bits per heavy atom. The molecule has 22 atom stereocenters. The number of likely N-dealkylation sites (N-methyl/N-ethyl adjacent to an activating group) is 2. The van der Waals surface area contributed by atoms with Gasteiger partial charge in [0.25, 0.3) is 0 Å². The van der Waals surface area contributed by atoms with Crippen molar-refractivity contribution in [3.05, 3.63) is 71.3 Å². The Balaban J connectivity index is 1.21. The molecule has 6 rings (SSSR count). The van der Waals surface area contributed by atoms with Crippen LogP contribution in [0.4, 0.5) is 4.79 Å². The predicted octanol–water partition coefficient (Wildman–Crippen LogP) is 4.68. The van der Waals surface area contributed by atoms with Crippen LogP contribution in [0.2, 0.25) is 0 Å². The van der Waals surface area contributed by atoms with Crippen LogP contribution in [0.15, 0.2) is 54.6 Å². The number of amides is 3. The first-order valence-electron chi connectivity index (χ1n) is 30.9.